The van der Waals surface area contributed by atoms with Gasteiger partial charge in [0.1, 0.15) is 17.0 Å². The molecular formula is C20H26ClN5O2S. The zero-order valence-electron chi connectivity index (χ0n) is 16.9. The third-order valence-corrected chi connectivity index (χ3v) is 5.51. The van der Waals surface area contributed by atoms with Crippen LogP contribution < -0.4 is 9.64 Å². The summed E-state index contributed by atoms with van der Waals surface area (Å²) in [4.78, 5) is 30.1. The third kappa shape index (κ3) is 5.41. The zero-order valence-corrected chi connectivity index (χ0v) is 18.5. The molecule has 156 valence electrons. The van der Waals surface area contributed by atoms with Gasteiger partial charge in [0.15, 0.2) is 5.13 Å². The fourth-order valence-electron chi connectivity index (χ4n) is 2.91. The lowest BCUT2D eigenvalue weighted by molar-refractivity contribution is 0.0978. The molecule has 0 radical (unpaired) electrons. The highest BCUT2D eigenvalue weighted by Crippen LogP contribution is 2.34. The molecule has 1 amide bonds. The molecule has 0 saturated carbocycles. The summed E-state index contributed by atoms with van der Waals surface area (Å²) in [6, 6.07) is 5.84. The number of fused-ring (bicyclic) bond motifs is 1. The van der Waals surface area contributed by atoms with Crippen LogP contribution in [-0.4, -0.2) is 58.5 Å². The average Bonchev–Trinajstić information content (AvgIpc) is 3.17. The number of thiazole rings is 1. The molecule has 1 aromatic carbocycles. The Morgan fingerprint density at radius 2 is 1.93 bits per heavy atom. The van der Waals surface area contributed by atoms with Gasteiger partial charge >= 0.3 is 0 Å². The normalized spacial score (nSPS) is 10.8. The number of benzene rings is 1. The van der Waals surface area contributed by atoms with Crippen LogP contribution in [0.5, 0.6) is 5.75 Å². The maximum Gasteiger partial charge on any atom is 0.280 e. The molecule has 3 aromatic rings. The van der Waals surface area contributed by atoms with E-state index in [-0.39, 0.29) is 18.3 Å². The van der Waals surface area contributed by atoms with E-state index in [0.29, 0.717) is 24.0 Å². The Morgan fingerprint density at radius 1 is 1.14 bits per heavy atom. The Balaban J connectivity index is 0.00000300. The van der Waals surface area contributed by atoms with Crippen LogP contribution in [0.3, 0.4) is 0 Å². The Hall–Kier alpha value is -2.29. The number of para-hydroxylation sites is 1. The van der Waals surface area contributed by atoms with Gasteiger partial charge in [-0.15, -0.1) is 12.4 Å². The maximum atomic E-state index is 13.2. The van der Waals surface area contributed by atoms with Gasteiger partial charge in [0, 0.05) is 25.5 Å². The summed E-state index contributed by atoms with van der Waals surface area (Å²) in [5.41, 5.74) is 1.09. The second-order valence-electron chi connectivity index (χ2n) is 6.11. The number of ether oxygens (including phenoxy) is 1. The monoisotopic (exact) mass is 435 g/mol. The number of nitrogens with zero attached hydrogens (tertiary/aromatic N) is 5. The van der Waals surface area contributed by atoms with Gasteiger partial charge < -0.3 is 9.64 Å². The van der Waals surface area contributed by atoms with Gasteiger partial charge in [-0.2, -0.15) is 0 Å². The van der Waals surface area contributed by atoms with E-state index in [1.807, 2.05) is 25.1 Å². The molecule has 0 saturated heterocycles. The lowest BCUT2D eigenvalue weighted by atomic mass is 10.3. The highest BCUT2D eigenvalue weighted by molar-refractivity contribution is 7.22. The number of anilines is 1. The molecule has 0 aliphatic heterocycles. The van der Waals surface area contributed by atoms with E-state index in [0.717, 1.165) is 35.6 Å². The molecule has 3 rings (SSSR count). The number of aromatic nitrogens is 3. The van der Waals surface area contributed by atoms with E-state index < -0.39 is 0 Å². The molecule has 0 bridgehead atoms. The van der Waals surface area contributed by atoms with Crippen molar-refractivity contribution >= 4 is 45.0 Å². The fourth-order valence-corrected chi connectivity index (χ4v) is 3.92. The summed E-state index contributed by atoms with van der Waals surface area (Å²) < 4.78 is 6.69. The Kier molecular flexibility index (Phi) is 8.75. The summed E-state index contributed by atoms with van der Waals surface area (Å²) in [6.45, 7) is 9.88. The molecule has 0 aliphatic carbocycles. The molecule has 0 N–H and O–H groups in total. The smallest absolute Gasteiger partial charge is 0.280 e. The van der Waals surface area contributed by atoms with E-state index in [4.69, 9.17) is 9.72 Å². The van der Waals surface area contributed by atoms with Crippen LogP contribution in [0.4, 0.5) is 5.13 Å². The summed E-state index contributed by atoms with van der Waals surface area (Å²) in [5.74, 6) is 0.537. The zero-order chi connectivity index (χ0) is 19.9. The predicted octanol–water partition coefficient (Wildman–Crippen LogP) is 3.90. The van der Waals surface area contributed by atoms with Crippen molar-refractivity contribution in [2.75, 3.05) is 37.7 Å². The van der Waals surface area contributed by atoms with Crippen molar-refractivity contribution in [2.45, 2.75) is 20.8 Å². The number of rotatable bonds is 9. The van der Waals surface area contributed by atoms with Crippen LogP contribution in [0.2, 0.25) is 0 Å². The number of amides is 1. The number of carbonyl (C=O) groups is 1. The van der Waals surface area contributed by atoms with Crippen LogP contribution in [-0.2, 0) is 0 Å². The molecule has 0 unspecified atom stereocenters. The first kappa shape index (κ1) is 23.0. The van der Waals surface area contributed by atoms with Crippen LogP contribution in [0.1, 0.15) is 31.3 Å². The Bertz CT molecular complexity index is 918. The minimum absolute atomic E-state index is 0. The summed E-state index contributed by atoms with van der Waals surface area (Å²) in [5, 5.41) is 0.643. The second kappa shape index (κ2) is 11.0. The van der Waals surface area contributed by atoms with Crippen LogP contribution in [0.25, 0.3) is 10.2 Å². The fraction of sp³-hybridized carbons (Fsp3) is 0.400. The number of hydrogen-bond donors (Lipinski definition) is 0. The summed E-state index contributed by atoms with van der Waals surface area (Å²) in [7, 11) is 0. The third-order valence-electron chi connectivity index (χ3n) is 4.46. The molecule has 0 atom stereocenters. The molecule has 0 aliphatic rings. The topological polar surface area (TPSA) is 71.5 Å². The molecule has 29 heavy (non-hydrogen) atoms. The first-order chi connectivity index (χ1) is 13.7. The van der Waals surface area contributed by atoms with Gasteiger partial charge in [-0.25, -0.2) is 9.97 Å². The van der Waals surface area contributed by atoms with Gasteiger partial charge in [0.2, 0.25) is 0 Å². The van der Waals surface area contributed by atoms with Crippen molar-refractivity contribution in [2.24, 2.45) is 0 Å². The van der Waals surface area contributed by atoms with Crippen molar-refractivity contribution in [3.05, 3.63) is 42.5 Å². The minimum Gasteiger partial charge on any atom is -0.492 e. The van der Waals surface area contributed by atoms with Crippen molar-refractivity contribution in [1.29, 1.82) is 0 Å². The van der Waals surface area contributed by atoms with Crippen molar-refractivity contribution in [3.63, 3.8) is 0 Å². The number of carbonyl (C=O) groups excluding carboxylic acids is 1. The van der Waals surface area contributed by atoms with Crippen molar-refractivity contribution in [3.8, 4) is 5.75 Å². The Labute approximate surface area is 181 Å². The van der Waals surface area contributed by atoms with E-state index in [1.165, 1.54) is 23.7 Å². The SMILES string of the molecule is CCOc1cccc2sc(N(CCN(CC)CC)C(=O)c3cnccn3)nc12.Cl. The van der Waals surface area contributed by atoms with Gasteiger partial charge in [0.05, 0.1) is 17.5 Å². The predicted molar refractivity (Wildman–Crippen MR) is 120 cm³/mol. The first-order valence-electron chi connectivity index (χ1n) is 9.50. The van der Waals surface area contributed by atoms with Crippen molar-refractivity contribution in [1.82, 2.24) is 19.9 Å². The van der Waals surface area contributed by atoms with E-state index in [9.17, 15) is 4.79 Å². The highest BCUT2D eigenvalue weighted by atomic mass is 35.5. The van der Waals surface area contributed by atoms with Crippen molar-refractivity contribution < 1.29 is 9.53 Å². The molecular weight excluding hydrogens is 410 g/mol. The van der Waals surface area contributed by atoms with Gasteiger partial charge in [0.25, 0.3) is 5.91 Å². The summed E-state index contributed by atoms with van der Waals surface area (Å²) in [6.07, 6.45) is 4.58. The first-order valence-corrected chi connectivity index (χ1v) is 10.3. The number of hydrogen-bond acceptors (Lipinski definition) is 7. The molecule has 7 nitrogen and oxygen atoms in total. The van der Waals surface area contributed by atoms with Crippen LogP contribution in [0.15, 0.2) is 36.8 Å². The molecule has 9 heteroatoms. The standard InChI is InChI=1S/C20H25N5O2S.ClH/c1-4-24(5-2)12-13-25(19(26)15-14-21-10-11-22-15)20-23-18-16(27-6-3)8-7-9-17(18)28-20;/h7-11,14H,4-6,12-13H2,1-3H3;1H. The second-order valence-corrected chi connectivity index (χ2v) is 7.12. The van der Waals surface area contributed by atoms with E-state index in [2.05, 4.69) is 28.7 Å². The Morgan fingerprint density at radius 3 is 2.59 bits per heavy atom. The highest BCUT2D eigenvalue weighted by Gasteiger charge is 2.23. The van der Waals surface area contributed by atoms with Crippen LogP contribution in [0, 0.1) is 0 Å². The minimum atomic E-state index is -0.197. The largest absolute Gasteiger partial charge is 0.492 e. The number of likely N-dealkylation sites (N-methyl/N-ethyl adjacent to an activating group) is 1. The molecule has 0 spiro atoms. The average molecular weight is 436 g/mol. The molecule has 2 aromatic heterocycles. The molecule has 0 fully saturated rings. The quantitative estimate of drug-likeness (QED) is 0.507. The molecule has 2 heterocycles. The number of halogens is 1. The lowest BCUT2D eigenvalue weighted by Crippen LogP contribution is -2.39. The summed E-state index contributed by atoms with van der Waals surface area (Å²) >= 11 is 1.48. The van der Waals surface area contributed by atoms with Crippen LogP contribution >= 0.6 is 23.7 Å². The van der Waals surface area contributed by atoms with Gasteiger partial charge in [-0.1, -0.05) is 31.3 Å². The maximum absolute atomic E-state index is 13.2. The lowest BCUT2D eigenvalue weighted by Gasteiger charge is -2.24. The van der Waals surface area contributed by atoms with E-state index >= 15 is 0 Å². The van der Waals surface area contributed by atoms with Gasteiger partial charge in [-0.05, 0) is 32.1 Å². The van der Waals surface area contributed by atoms with E-state index in [1.54, 1.807) is 11.1 Å². The van der Waals surface area contributed by atoms with Gasteiger partial charge in [-0.3, -0.25) is 14.7 Å².